The molecule has 0 aromatic heterocycles. The van der Waals surface area contributed by atoms with Crippen LogP contribution in [-0.4, -0.2) is 32.1 Å². The van der Waals surface area contributed by atoms with Crippen molar-refractivity contribution in [2.45, 2.75) is 5.92 Å². The average Bonchev–Trinajstić information content (AvgIpc) is 2.39. The van der Waals surface area contributed by atoms with Crippen molar-refractivity contribution in [2.75, 3.05) is 20.2 Å². The van der Waals surface area contributed by atoms with E-state index in [0.717, 1.165) is 5.56 Å². The quantitative estimate of drug-likeness (QED) is 0.706. The summed E-state index contributed by atoms with van der Waals surface area (Å²) in [6.07, 6.45) is 0. The van der Waals surface area contributed by atoms with Crippen LogP contribution in [0.2, 0.25) is 0 Å². The van der Waals surface area contributed by atoms with E-state index in [1.165, 1.54) is 7.11 Å². The molecule has 3 N–H and O–H groups in total. The second-order valence-corrected chi connectivity index (χ2v) is 3.49. The van der Waals surface area contributed by atoms with E-state index in [1.807, 2.05) is 30.3 Å². The molecule has 1 aromatic carbocycles. The summed E-state index contributed by atoms with van der Waals surface area (Å²) in [5.74, 6) is -1.18. The van der Waals surface area contributed by atoms with E-state index in [0.29, 0.717) is 0 Å². The summed E-state index contributed by atoms with van der Waals surface area (Å²) in [4.78, 5) is 22.7. The van der Waals surface area contributed by atoms with Crippen LogP contribution in [-0.2, 0) is 14.3 Å². The second kappa shape index (κ2) is 6.65. The van der Waals surface area contributed by atoms with Crippen molar-refractivity contribution in [1.82, 2.24) is 5.32 Å². The Morgan fingerprint density at radius 1 is 1.35 bits per heavy atom. The second-order valence-electron chi connectivity index (χ2n) is 3.49. The fraction of sp³-hybridized carbons (Fsp3) is 0.333. The van der Waals surface area contributed by atoms with Gasteiger partial charge >= 0.3 is 5.97 Å². The number of nitrogens with two attached hydrogens (primary N) is 1. The summed E-state index contributed by atoms with van der Waals surface area (Å²) in [7, 11) is 1.32. The first-order valence-electron chi connectivity index (χ1n) is 5.28. The van der Waals surface area contributed by atoms with Crippen molar-refractivity contribution >= 4 is 11.9 Å². The number of benzene rings is 1. The van der Waals surface area contributed by atoms with Crippen LogP contribution in [0.5, 0.6) is 0 Å². The Morgan fingerprint density at radius 2 is 2.00 bits per heavy atom. The fourth-order valence-corrected chi connectivity index (χ4v) is 1.45. The van der Waals surface area contributed by atoms with Gasteiger partial charge in [0.05, 0.1) is 19.6 Å². The summed E-state index contributed by atoms with van der Waals surface area (Å²) < 4.78 is 4.71. The third-order valence-electron chi connectivity index (χ3n) is 2.38. The standard InChI is InChI=1S/C12H16N2O3/c1-17-12(16)10(8-14-11(15)7-13)9-5-3-2-4-6-9/h2-6,10H,7-8,13H2,1H3,(H,14,15). The molecule has 0 aliphatic rings. The molecule has 0 fully saturated rings. The van der Waals surface area contributed by atoms with Gasteiger partial charge in [-0.2, -0.15) is 0 Å². The Labute approximate surface area is 99.9 Å². The summed E-state index contributed by atoms with van der Waals surface area (Å²) in [5, 5.41) is 2.58. The van der Waals surface area contributed by atoms with Gasteiger partial charge in [0, 0.05) is 6.54 Å². The Balaban J connectivity index is 2.75. The number of hydrogen-bond donors (Lipinski definition) is 2. The molecule has 5 nitrogen and oxygen atoms in total. The molecular weight excluding hydrogens is 220 g/mol. The van der Waals surface area contributed by atoms with Gasteiger partial charge in [-0.1, -0.05) is 30.3 Å². The third kappa shape index (κ3) is 3.88. The zero-order valence-electron chi connectivity index (χ0n) is 9.68. The van der Waals surface area contributed by atoms with Crippen LogP contribution in [0.25, 0.3) is 0 Å². The Bertz CT molecular complexity index is 379. The average molecular weight is 236 g/mol. The molecule has 0 saturated carbocycles. The lowest BCUT2D eigenvalue weighted by Gasteiger charge is -2.15. The minimum atomic E-state index is -0.503. The van der Waals surface area contributed by atoms with Crippen LogP contribution >= 0.6 is 0 Å². The molecule has 0 aliphatic carbocycles. The molecule has 0 heterocycles. The predicted octanol–water partition coefficient (Wildman–Crippen LogP) is 0.0181. The van der Waals surface area contributed by atoms with Crippen LogP contribution < -0.4 is 11.1 Å². The molecule has 1 aromatic rings. The van der Waals surface area contributed by atoms with Crippen molar-refractivity contribution in [1.29, 1.82) is 0 Å². The molecular formula is C12H16N2O3. The van der Waals surface area contributed by atoms with Gasteiger partial charge in [-0.3, -0.25) is 9.59 Å². The minimum absolute atomic E-state index is 0.0946. The Morgan fingerprint density at radius 3 is 2.53 bits per heavy atom. The van der Waals surface area contributed by atoms with E-state index in [9.17, 15) is 9.59 Å². The number of nitrogens with one attached hydrogen (secondary N) is 1. The number of rotatable bonds is 5. The van der Waals surface area contributed by atoms with Crippen LogP contribution in [0.4, 0.5) is 0 Å². The van der Waals surface area contributed by atoms with Crippen molar-refractivity contribution in [3.05, 3.63) is 35.9 Å². The highest BCUT2D eigenvalue weighted by Gasteiger charge is 2.21. The molecule has 92 valence electrons. The summed E-state index contributed by atoms with van der Waals surface area (Å²) >= 11 is 0. The minimum Gasteiger partial charge on any atom is -0.468 e. The molecule has 1 unspecified atom stereocenters. The number of esters is 1. The fourth-order valence-electron chi connectivity index (χ4n) is 1.45. The van der Waals surface area contributed by atoms with Gasteiger partial charge in [0.2, 0.25) is 5.91 Å². The lowest BCUT2D eigenvalue weighted by atomic mass is 9.99. The lowest BCUT2D eigenvalue weighted by molar-refractivity contribution is -0.142. The smallest absolute Gasteiger partial charge is 0.314 e. The number of amides is 1. The zero-order valence-corrected chi connectivity index (χ0v) is 9.68. The number of carbonyl (C=O) groups is 2. The molecule has 1 amide bonds. The van der Waals surface area contributed by atoms with Crippen molar-refractivity contribution < 1.29 is 14.3 Å². The lowest BCUT2D eigenvalue weighted by Crippen LogP contribution is -2.35. The number of methoxy groups -OCH3 is 1. The van der Waals surface area contributed by atoms with E-state index in [2.05, 4.69) is 5.32 Å². The van der Waals surface area contributed by atoms with Gasteiger partial charge in [0.25, 0.3) is 0 Å². The zero-order chi connectivity index (χ0) is 12.7. The maximum absolute atomic E-state index is 11.6. The van der Waals surface area contributed by atoms with Gasteiger partial charge < -0.3 is 15.8 Å². The predicted molar refractivity (Wildman–Crippen MR) is 63.3 cm³/mol. The molecule has 1 rings (SSSR count). The van der Waals surface area contributed by atoms with Crippen molar-refractivity contribution in [2.24, 2.45) is 5.73 Å². The summed E-state index contributed by atoms with van der Waals surface area (Å²) in [6, 6.07) is 9.15. The van der Waals surface area contributed by atoms with Crippen LogP contribution in [0, 0.1) is 0 Å². The first kappa shape index (κ1) is 13.2. The highest BCUT2D eigenvalue weighted by molar-refractivity contribution is 5.81. The molecule has 0 spiro atoms. The Kier molecular flexibility index (Phi) is 5.16. The number of ether oxygens (including phenoxy) is 1. The third-order valence-corrected chi connectivity index (χ3v) is 2.38. The molecule has 17 heavy (non-hydrogen) atoms. The van der Waals surface area contributed by atoms with Crippen molar-refractivity contribution in [3.8, 4) is 0 Å². The topological polar surface area (TPSA) is 81.4 Å². The maximum Gasteiger partial charge on any atom is 0.314 e. The summed E-state index contributed by atoms with van der Waals surface area (Å²) in [5.41, 5.74) is 5.98. The van der Waals surface area contributed by atoms with Crippen LogP contribution in [0.15, 0.2) is 30.3 Å². The molecule has 1 atom stereocenters. The van der Waals surface area contributed by atoms with Crippen molar-refractivity contribution in [3.63, 3.8) is 0 Å². The molecule has 0 radical (unpaired) electrons. The van der Waals surface area contributed by atoms with E-state index >= 15 is 0 Å². The van der Waals surface area contributed by atoms with Crippen LogP contribution in [0.3, 0.4) is 0 Å². The number of carbonyl (C=O) groups excluding carboxylic acids is 2. The maximum atomic E-state index is 11.6. The van der Waals surface area contributed by atoms with E-state index in [-0.39, 0.29) is 25.0 Å². The molecule has 0 aliphatic heterocycles. The highest BCUT2D eigenvalue weighted by atomic mass is 16.5. The first-order valence-corrected chi connectivity index (χ1v) is 5.28. The van der Waals surface area contributed by atoms with E-state index < -0.39 is 5.92 Å². The highest BCUT2D eigenvalue weighted by Crippen LogP contribution is 2.15. The largest absolute Gasteiger partial charge is 0.468 e. The Hall–Kier alpha value is -1.88. The normalized spacial score (nSPS) is 11.6. The SMILES string of the molecule is COC(=O)C(CNC(=O)CN)c1ccccc1. The molecule has 0 saturated heterocycles. The van der Waals surface area contributed by atoms with Gasteiger partial charge in [0.1, 0.15) is 0 Å². The van der Waals surface area contributed by atoms with Gasteiger partial charge in [-0.25, -0.2) is 0 Å². The van der Waals surface area contributed by atoms with Gasteiger partial charge in [-0.05, 0) is 5.56 Å². The summed E-state index contributed by atoms with van der Waals surface area (Å²) in [6.45, 7) is 0.0927. The number of hydrogen-bond acceptors (Lipinski definition) is 4. The first-order chi connectivity index (χ1) is 8.19. The molecule has 0 bridgehead atoms. The van der Waals surface area contributed by atoms with E-state index in [1.54, 1.807) is 0 Å². The van der Waals surface area contributed by atoms with Gasteiger partial charge in [0.15, 0.2) is 0 Å². The van der Waals surface area contributed by atoms with E-state index in [4.69, 9.17) is 10.5 Å². The van der Waals surface area contributed by atoms with Gasteiger partial charge in [-0.15, -0.1) is 0 Å². The monoisotopic (exact) mass is 236 g/mol. The van der Waals surface area contributed by atoms with Crippen LogP contribution in [0.1, 0.15) is 11.5 Å². The molecule has 5 heteroatoms.